The summed E-state index contributed by atoms with van der Waals surface area (Å²) in [5, 5.41) is 39.1. The average molecular weight is 781 g/mol. The van der Waals surface area contributed by atoms with Crippen LogP contribution in [0.15, 0.2) is 58.7 Å². The molecule has 1 aromatic heterocycles. The summed E-state index contributed by atoms with van der Waals surface area (Å²) in [5.41, 5.74) is -0.719. The van der Waals surface area contributed by atoms with Crippen LogP contribution in [0.4, 0.5) is 4.79 Å². The number of carboxylic acids is 1. The van der Waals surface area contributed by atoms with Crippen LogP contribution in [-0.4, -0.2) is 145 Å². The van der Waals surface area contributed by atoms with Crippen LogP contribution < -0.4 is 26.5 Å². The van der Waals surface area contributed by atoms with Gasteiger partial charge in [0.1, 0.15) is 29.7 Å². The standard InChI is InChI=1S/C35H40N8O11S/c1-2-39-11-12-40(32(50)31(39)49)35(53)38-25(20-8-4-3-5-9-20)29(47)37-26-30(48)42-27(34(51)52)21(19-55-33(26)42)18-43(13-6-7-14-43)15-10-36-28(46)22-16-23(44)24(45)17-41(22)54/h3-5,8-9,16-17,25-26,33,54H,2,6-7,10-15,18-19H2,1H3,(H4-,36,37,38,45,46,47,51,52,53)/t25-,26+,33+/m0/s1. The van der Waals surface area contributed by atoms with E-state index < -0.39 is 70.2 Å². The summed E-state index contributed by atoms with van der Waals surface area (Å²) in [5.74, 6) is -6.21. The van der Waals surface area contributed by atoms with Crippen LogP contribution in [0.25, 0.3) is 0 Å². The molecule has 20 heteroatoms. The Kier molecular flexibility index (Phi) is 11.2. The Morgan fingerprint density at radius 3 is 2.42 bits per heavy atom. The van der Waals surface area contributed by atoms with Crippen molar-refractivity contribution < 1.29 is 53.5 Å². The van der Waals surface area contributed by atoms with Crippen molar-refractivity contribution in [2.75, 3.05) is 58.1 Å². The molecule has 0 spiro atoms. The Hall–Kier alpha value is -5.89. The van der Waals surface area contributed by atoms with E-state index >= 15 is 0 Å². The number of aliphatic carboxylic acids is 1. The van der Waals surface area contributed by atoms with Crippen molar-refractivity contribution in [2.45, 2.75) is 37.2 Å². The van der Waals surface area contributed by atoms with Crippen molar-refractivity contribution in [1.82, 2.24) is 35.4 Å². The third-order valence-corrected chi connectivity index (χ3v) is 11.6. The number of nitrogens with zero attached hydrogens (tertiary/aromatic N) is 5. The maximum Gasteiger partial charge on any atom is 0.325 e. The topological polar surface area (TPSA) is 251 Å². The molecular weight excluding hydrogens is 740 g/mol. The summed E-state index contributed by atoms with van der Waals surface area (Å²) in [4.78, 5) is 106. The lowest BCUT2D eigenvalue weighted by Gasteiger charge is -2.51. The summed E-state index contributed by atoms with van der Waals surface area (Å²) >= 11 is 1.25. The van der Waals surface area contributed by atoms with Crippen molar-refractivity contribution in [1.29, 1.82) is 0 Å². The number of hydrogen-bond donors (Lipinski definition) is 5. The van der Waals surface area contributed by atoms with Gasteiger partial charge in [-0.25, -0.2) is 4.79 Å². The summed E-state index contributed by atoms with van der Waals surface area (Å²) in [6, 6.07) is 5.41. The summed E-state index contributed by atoms with van der Waals surface area (Å²) < 4.78 is 0.735. The van der Waals surface area contributed by atoms with E-state index in [1.807, 2.05) is 0 Å². The van der Waals surface area contributed by atoms with Crippen LogP contribution in [0.3, 0.4) is 0 Å². The Bertz CT molecular complexity index is 2020. The van der Waals surface area contributed by atoms with Crippen molar-refractivity contribution in [3.8, 4) is 5.75 Å². The molecule has 3 atom stereocenters. The number of quaternary nitrogens is 1. The molecule has 55 heavy (non-hydrogen) atoms. The second kappa shape index (κ2) is 15.8. The minimum absolute atomic E-state index is 0.0791. The molecule has 5 heterocycles. The number of likely N-dealkylation sites (tertiary alicyclic amines) is 1. The Labute approximate surface area is 318 Å². The van der Waals surface area contributed by atoms with E-state index in [9.17, 15) is 53.8 Å². The van der Waals surface area contributed by atoms with E-state index in [1.54, 1.807) is 37.3 Å². The molecule has 2 aromatic rings. The maximum atomic E-state index is 13.8. The Balaban J connectivity index is 1.14. The van der Waals surface area contributed by atoms with Crippen LogP contribution in [-0.2, 0) is 24.0 Å². The Morgan fingerprint density at radius 1 is 1.04 bits per heavy atom. The monoisotopic (exact) mass is 780 g/mol. The van der Waals surface area contributed by atoms with E-state index in [4.69, 9.17) is 0 Å². The maximum absolute atomic E-state index is 13.8. The number of nitrogens with one attached hydrogen (secondary N) is 3. The number of aromatic nitrogens is 1. The number of pyridine rings is 1. The van der Waals surface area contributed by atoms with Gasteiger partial charge in [0.25, 0.3) is 11.8 Å². The third kappa shape index (κ3) is 7.72. The van der Waals surface area contributed by atoms with E-state index in [-0.39, 0.29) is 49.9 Å². The fourth-order valence-electron chi connectivity index (χ4n) is 7.40. The highest BCUT2D eigenvalue weighted by Gasteiger charge is 2.54. The Morgan fingerprint density at radius 2 is 1.75 bits per heavy atom. The van der Waals surface area contributed by atoms with Crippen molar-refractivity contribution in [2.24, 2.45) is 0 Å². The molecule has 0 unspecified atom stereocenters. The highest BCUT2D eigenvalue weighted by molar-refractivity contribution is 8.00. The van der Waals surface area contributed by atoms with Gasteiger partial charge in [-0.2, -0.15) is 4.73 Å². The molecule has 6 rings (SSSR count). The molecule has 5 N–H and O–H groups in total. The molecule has 4 aliphatic rings. The van der Waals surface area contributed by atoms with E-state index in [0.717, 1.165) is 28.7 Å². The quantitative estimate of drug-likeness (QED) is 0.0659. The predicted molar refractivity (Wildman–Crippen MR) is 190 cm³/mol. The van der Waals surface area contributed by atoms with Gasteiger partial charge < -0.3 is 45.5 Å². The van der Waals surface area contributed by atoms with Crippen LogP contribution in [0.1, 0.15) is 41.9 Å². The lowest BCUT2D eigenvalue weighted by Crippen LogP contribution is -2.72. The number of hydrogen-bond acceptors (Lipinski definition) is 12. The highest BCUT2D eigenvalue weighted by Crippen LogP contribution is 2.41. The van der Waals surface area contributed by atoms with Gasteiger partial charge in [-0.15, -0.1) is 11.8 Å². The number of thioether (sulfide) groups is 1. The van der Waals surface area contributed by atoms with Gasteiger partial charge in [-0.3, -0.25) is 38.6 Å². The van der Waals surface area contributed by atoms with Crippen molar-refractivity contribution in [3.05, 3.63) is 75.3 Å². The zero-order chi connectivity index (χ0) is 39.6. The minimum Gasteiger partial charge on any atom is -0.543 e. The number of carbonyl (C=O) groups is 7. The predicted octanol–water partition coefficient (Wildman–Crippen LogP) is -2.32. The van der Waals surface area contributed by atoms with E-state index in [0.29, 0.717) is 46.2 Å². The van der Waals surface area contributed by atoms with E-state index in [2.05, 4.69) is 16.0 Å². The number of fused-ring (bicyclic) bond motifs is 1. The lowest BCUT2D eigenvalue weighted by atomic mass is 10.0. The number of amides is 7. The average Bonchev–Trinajstić information content (AvgIpc) is 3.63. The number of β-lactam (4-membered cyclic amide) rings is 1. The summed E-state index contributed by atoms with van der Waals surface area (Å²) in [6.45, 7) is 4.06. The lowest BCUT2D eigenvalue weighted by molar-refractivity contribution is -0.911. The fourth-order valence-corrected chi connectivity index (χ4v) is 8.73. The number of aromatic hydroxyl groups is 1. The molecule has 3 saturated heterocycles. The molecule has 7 amide bonds. The van der Waals surface area contributed by atoms with Gasteiger partial charge >= 0.3 is 17.8 Å². The molecule has 19 nitrogen and oxygen atoms in total. The number of urea groups is 1. The number of carboxylic acid groups (broad SMARTS) is 1. The van der Waals surface area contributed by atoms with Gasteiger partial charge in [-0.05, 0) is 12.5 Å². The summed E-state index contributed by atoms with van der Waals surface area (Å²) in [7, 11) is 0. The SMILES string of the molecule is CCN1CCN(C(=O)N[C@H](C(=O)N[C@@H]2C(=O)N3C(C(=O)[O-])=C(C[N+]4(CCNC(=O)c5cc(=O)c(O)cn5O)CCCC4)CS[C@H]23)c2ccccc2)C(=O)C1=O. The van der Waals surface area contributed by atoms with E-state index in [1.165, 1.54) is 16.7 Å². The molecule has 0 radical (unpaired) electrons. The number of rotatable bonds is 12. The smallest absolute Gasteiger partial charge is 0.325 e. The largest absolute Gasteiger partial charge is 0.543 e. The zero-order valence-electron chi connectivity index (χ0n) is 29.8. The minimum atomic E-state index is -1.56. The van der Waals surface area contributed by atoms with Crippen LogP contribution in [0.2, 0.25) is 0 Å². The molecule has 0 bridgehead atoms. The molecule has 0 aliphatic carbocycles. The van der Waals surface area contributed by atoms with Crippen molar-refractivity contribution >= 4 is 53.3 Å². The number of likely N-dealkylation sites (N-methyl/N-ethyl adjacent to an activating group) is 1. The number of carbonyl (C=O) groups excluding carboxylic acids is 7. The number of imide groups is 1. The fraction of sp³-hybridized carbons (Fsp3) is 0.429. The van der Waals surface area contributed by atoms with Crippen LogP contribution >= 0.6 is 11.8 Å². The third-order valence-electron chi connectivity index (χ3n) is 10.3. The highest BCUT2D eigenvalue weighted by atomic mass is 32.2. The first-order chi connectivity index (χ1) is 26.2. The molecule has 292 valence electrons. The number of piperazine rings is 1. The molecule has 4 aliphatic heterocycles. The van der Waals surface area contributed by atoms with Gasteiger partial charge in [0.15, 0.2) is 5.75 Å². The van der Waals surface area contributed by atoms with Gasteiger partial charge in [0.2, 0.25) is 11.3 Å². The molecule has 0 saturated carbocycles. The molecule has 3 fully saturated rings. The van der Waals surface area contributed by atoms with Gasteiger partial charge in [0.05, 0.1) is 44.0 Å². The first-order valence-corrected chi connectivity index (χ1v) is 18.7. The van der Waals surface area contributed by atoms with Gasteiger partial charge in [0, 0.05) is 49.9 Å². The van der Waals surface area contributed by atoms with Crippen molar-refractivity contribution in [3.63, 3.8) is 0 Å². The first kappa shape index (κ1) is 38.8. The van der Waals surface area contributed by atoms with Gasteiger partial charge in [-0.1, -0.05) is 30.3 Å². The second-order valence-corrected chi connectivity index (χ2v) is 14.8. The number of benzene rings is 1. The normalized spacial score (nSPS) is 21.1. The zero-order valence-corrected chi connectivity index (χ0v) is 30.6. The van der Waals surface area contributed by atoms with Crippen LogP contribution in [0, 0.1) is 0 Å². The first-order valence-electron chi connectivity index (χ1n) is 17.7. The molecule has 1 aromatic carbocycles. The molecular formula is C35H40N8O11S. The second-order valence-electron chi connectivity index (χ2n) is 13.7. The van der Waals surface area contributed by atoms with Crippen LogP contribution in [0.5, 0.6) is 5.75 Å². The summed E-state index contributed by atoms with van der Waals surface area (Å²) in [6.07, 6.45) is 2.38.